The van der Waals surface area contributed by atoms with Gasteiger partial charge in [-0.3, -0.25) is 4.79 Å². The second-order valence-electron chi connectivity index (χ2n) is 5.98. The normalized spacial score (nSPS) is 11.9. The number of halogens is 2. The molecule has 0 unspecified atom stereocenters. The highest BCUT2D eigenvalue weighted by Crippen LogP contribution is 2.28. The molecule has 3 aromatic rings. The second kappa shape index (κ2) is 7.94. The monoisotopic (exact) mass is 372 g/mol. The Kier molecular flexibility index (Phi) is 5.44. The molecular weight excluding hydrogens is 354 g/mol. The highest BCUT2D eigenvalue weighted by Gasteiger charge is 2.17. The van der Waals surface area contributed by atoms with Crippen LogP contribution in [0.1, 0.15) is 24.1 Å². The van der Waals surface area contributed by atoms with Crippen molar-refractivity contribution in [1.82, 2.24) is 19.9 Å². The lowest BCUT2D eigenvalue weighted by Crippen LogP contribution is -2.30. The van der Waals surface area contributed by atoms with Gasteiger partial charge >= 0.3 is 0 Å². The van der Waals surface area contributed by atoms with Gasteiger partial charge < -0.3 is 14.6 Å². The number of ether oxygens (including phenoxy) is 1. The minimum absolute atomic E-state index is 0.0928. The molecule has 6 nitrogen and oxygen atoms in total. The molecule has 0 saturated heterocycles. The van der Waals surface area contributed by atoms with Gasteiger partial charge in [0.05, 0.1) is 6.33 Å². The number of nitrogens with one attached hydrogen (secondary N) is 1. The first-order chi connectivity index (χ1) is 13.0. The molecule has 2 heterocycles. The quantitative estimate of drug-likeness (QED) is 0.719. The van der Waals surface area contributed by atoms with Crippen molar-refractivity contribution >= 4 is 5.91 Å². The van der Waals surface area contributed by atoms with E-state index < -0.39 is 17.7 Å². The van der Waals surface area contributed by atoms with Crippen LogP contribution in [0.4, 0.5) is 8.78 Å². The number of imidazole rings is 1. The van der Waals surface area contributed by atoms with Crippen LogP contribution in [-0.4, -0.2) is 20.4 Å². The van der Waals surface area contributed by atoms with Crippen LogP contribution >= 0.6 is 0 Å². The van der Waals surface area contributed by atoms with Crippen LogP contribution in [0.3, 0.4) is 0 Å². The number of hydrogen-bond donors (Lipinski definition) is 1. The average molecular weight is 372 g/mol. The van der Waals surface area contributed by atoms with Gasteiger partial charge in [0.1, 0.15) is 6.04 Å². The summed E-state index contributed by atoms with van der Waals surface area (Å²) in [5.41, 5.74) is 0.714. The Morgan fingerprint density at radius 2 is 2.07 bits per heavy atom. The van der Waals surface area contributed by atoms with Gasteiger partial charge in [-0.05, 0) is 31.5 Å². The average Bonchev–Trinajstić information content (AvgIpc) is 3.21. The van der Waals surface area contributed by atoms with Gasteiger partial charge in [-0.25, -0.2) is 14.4 Å². The van der Waals surface area contributed by atoms with Crippen LogP contribution in [0.15, 0.2) is 49.2 Å². The summed E-state index contributed by atoms with van der Waals surface area (Å²) in [5.74, 6) is -2.45. The Hall–Kier alpha value is -3.29. The van der Waals surface area contributed by atoms with E-state index in [2.05, 4.69) is 15.3 Å². The third kappa shape index (κ3) is 4.11. The highest BCUT2D eigenvalue weighted by molar-refractivity contribution is 5.79. The van der Waals surface area contributed by atoms with E-state index in [0.29, 0.717) is 5.56 Å². The van der Waals surface area contributed by atoms with E-state index in [0.717, 1.165) is 0 Å². The summed E-state index contributed by atoms with van der Waals surface area (Å²) < 4.78 is 34.9. The predicted octanol–water partition coefficient (Wildman–Crippen LogP) is 3.53. The summed E-state index contributed by atoms with van der Waals surface area (Å²) in [6, 6.07) is 5.67. The Morgan fingerprint density at radius 3 is 2.81 bits per heavy atom. The maximum Gasteiger partial charge on any atom is 0.243 e. The molecule has 1 N–H and O–H groups in total. The van der Waals surface area contributed by atoms with Crippen molar-refractivity contribution in [3.8, 4) is 11.6 Å². The summed E-state index contributed by atoms with van der Waals surface area (Å²) >= 11 is 0. The first-order valence-corrected chi connectivity index (χ1v) is 8.29. The van der Waals surface area contributed by atoms with E-state index in [1.54, 1.807) is 42.3 Å². The number of aryl methyl sites for hydroxylation is 1. The number of benzene rings is 1. The van der Waals surface area contributed by atoms with Crippen LogP contribution in [0, 0.1) is 18.6 Å². The molecule has 27 heavy (non-hydrogen) atoms. The molecule has 1 amide bonds. The van der Waals surface area contributed by atoms with Gasteiger partial charge in [0.15, 0.2) is 11.6 Å². The number of carbonyl (C=O) groups is 1. The molecule has 0 aliphatic rings. The van der Waals surface area contributed by atoms with E-state index in [1.807, 2.05) is 0 Å². The molecule has 140 valence electrons. The fourth-order valence-corrected chi connectivity index (χ4v) is 2.43. The van der Waals surface area contributed by atoms with Gasteiger partial charge in [-0.15, -0.1) is 0 Å². The molecule has 0 radical (unpaired) electrons. The van der Waals surface area contributed by atoms with E-state index in [1.165, 1.54) is 25.3 Å². The molecule has 1 aromatic carbocycles. The lowest BCUT2D eigenvalue weighted by atomic mass is 10.2. The number of rotatable bonds is 6. The molecule has 0 bridgehead atoms. The number of carbonyl (C=O) groups excluding carboxylic acids is 1. The fourth-order valence-electron chi connectivity index (χ4n) is 2.43. The summed E-state index contributed by atoms with van der Waals surface area (Å²) in [7, 11) is 0. The maximum atomic E-state index is 14.1. The molecule has 0 spiro atoms. The molecule has 0 fully saturated rings. The van der Waals surface area contributed by atoms with Crippen molar-refractivity contribution in [2.24, 2.45) is 0 Å². The van der Waals surface area contributed by atoms with Gasteiger partial charge in [-0.1, -0.05) is 12.1 Å². The Morgan fingerprint density at radius 1 is 1.26 bits per heavy atom. The Balaban J connectivity index is 1.73. The van der Waals surface area contributed by atoms with Crippen molar-refractivity contribution in [1.29, 1.82) is 0 Å². The fraction of sp³-hybridized carbons (Fsp3) is 0.211. The summed E-state index contributed by atoms with van der Waals surface area (Å²) in [4.78, 5) is 20.3. The Labute approximate surface area is 154 Å². The summed E-state index contributed by atoms with van der Waals surface area (Å²) in [6.07, 6.45) is 6.30. The van der Waals surface area contributed by atoms with Crippen molar-refractivity contribution in [3.05, 3.63) is 71.9 Å². The SMILES string of the molecule is Cc1ccc(Oc2ncccc2CNC(=O)[C@H](C)n2ccnc2)c(F)c1F. The second-order valence-corrected chi connectivity index (χ2v) is 5.98. The molecule has 0 saturated carbocycles. The lowest BCUT2D eigenvalue weighted by Gasteiger charge is -2.15. The lowest BCUT2D eigenvalue weighted by molar-refractivity contribution is -0.124. The number of nitrogens with zero attached hydrogens (tertiary/aromatic N) is 3. The topological polar surface area (TPSA) is 69.0 Å². The van der Waals surface area contributed by atoms with Gasteiger partial charge in [0.25, 0.3) is 0 Å². The van der Waals surface area contributed by atoms with Gasteiger partial charge in [-0.2, -0.15) is 4.39 Å². The van der Waals surface area contributed by atoms with Crippen molar-refractivity contribution in [2.45, 2.75) is 26.4 Å². The highest BCUT2D eigenvalue weighted by atomic mass is 19.2. The molecule has 8 heteroatoms. The van der Waals surface area contributed by atoms with Crippen LogP contribution < -0.4 is 10.1 Å². The van der Waals surface area contributed by atoms with Crippen LogP contribution in [0.25, 0.3) is 0 Å². The molecule has 0 aliphatic carbocycles. The minimum Gasteiger partial charge on any atom is -0.435 e. The Bertz CT molecular complexity index is 945. The molecule has 2 aromatic heterocycles. The van der Waals surface area contributed by atoms with Crippen molar-refractivity contribution < 1.29 is 18.3 Å². The van der Waals surface area contributed by atoms with Crippen LogP contribution in [0.5, 0.6) is 11.6 Å². The van der Waals surface area contributed by atoms with E-state index in [-0.39, 0.29) is 29.6 Å². The number of hydrogen-bond acceptors (Lipinski definition) is 4. The van der Waals surface area contributed by atoms with E-state index in [9.17, 15) is 13.6 Å². The summed E-state index contributed by atoms with van der Waals surface area (Å²) in [5, 5.41) is 2.77. The third-order valence-corrected chi connectivity index (χ3v) is 4.10. The number of pyridine rings is 1. The van der Waals surface area contributed by atoms with Crippen LogP contribution in [0.2, 0.25) is 0 Å². The van der Waals surface area contributed by atoms with Crippen molar-refractivity contribution in [3.63, 3.8) is 0 Å². The van der Waals surface area contributed by atoms with E-state index in [4.69, 9.17) is 4.74 Å². The zero-order valence-electron chi connectivity index (χ0n) is 14.8. The third-order valence-electron chi connectivity index (χ3n) is 4.10. The zero-order valence-corrected chi connectivity index (χ0v) is 14.8. The molecular formula is C19H18F2N4O2. The standard InChI is InChI=1S/C19H18F2N4O2/c1-12-5-6-15(17(21)16(12)20)27-19-14(4-3-7-23-19)10-24-18(26)13(2)25-9-8-22-11-25/h3-9,11,13H,10H2,1-2H3,(H,24,26)/t13-/m0/s1. The summed E-state index contributed by atoms with van der Waals surface area (Å²) in [6.45, 7) is 3.32. The smallest absolute Gasteiger partial charge is 0.243 e. The maximum absolute atomic E-state index is 14.1. The van der Waals surface area contributed by atoms with Gasteiger partial charge in [0.2, 0.25) is 17.6 Å². The minimum atomic E-state index is -1.08. The zero-order chi connectivity index (χ0) is 19.4. The van der Waals surface area contributed by atoms with Gasteiger partial charge in [0, 0.05) is 30.7 Å². The largest absolute Gasteiger partial charge is 0.435 e. The first-order valence-electron chi connectivity index (χ1n) is 8.29. The molecule has 0 aliphatic heterocycles. The molecule has 3 rings (SSSR count). The predicted molar refractivity (Wildman–Crippen MR) is 94.2 cm³/mol. The molecule has 1 atom stereocenters. The van der Waals surface area contributed by atoms with Crippen molar-refractivity contribution in [2.75, 3.05) is 0 Å². The van der Waals surface area contributed by atoms with E-state index >= 15 is 0 Å². The number of aromatic nitrogens is 3. The first kappa shape index (κ1) is 18.5. The van der Waals surface area contributed by atoms with Crippen LogP contribution in [-0.2, 0) is 11.3 Å². The number of amides is 1.